The van der Waals surface area contributed by atoms with Gasteiger partial charge in [0.15, 0.2) is 1.41 Å². The van der Waals surface area contributed by atoms with E-state index in [0.29, 0.717) is 6.92 Å². The van der Waals surface area contributed by atoms with Crippen LogP contribution in [0, 0.1) is 17.6 Å². The molecule has 0 spiro atoms. The van der Waals surface area contributed by atoms with Crippen molar-refractivity contribution in [3.8, 4) is 0 Å². The summed E-state index contributed by atoms with van der Waals surface area (Å²) in [4.78, 5) is 14.7. The fraction of sp³-hybridized carbons (Fsp3) is 0.720. The van der Waals surface area contributed by atoms with Crippen molar-refractivity contribution in [2.75, 3.05) is 62.2 Å². The molecule has 1 heterocycles. The van der Waals surface area contributed by atoms with Gasteiger partial charge in [-0.15, -0.1) is 0 Å². The molecule has 192 valence electrons. The zero-order valence-electron chi connectivity index (χ0n) is 37.0. The molecule has 1 saturated heterocycles. The molecule has 3 atom stereocenters. The Bertz CT molecular complexity index is 1620. The topological polar surface area (TPSA) is 73.0 Å². The maximum absolute atomic E-state index is 14.8. The van der Waals surface area contributed by atoms with E-state index in [2.05, 4.69) is 0 Å². The SMILES string of the molecule is [2H]c1c(F)c([2H])c(N([2H])C(C)=O)c([2H])c1N1CCN(C([2H])CCCN(C([2H])([2H])[2H])S(=O)(=O)CC2([2H])C([2H])([2H])C([2H])([2H])C([2H])([2H])C([2H])(C)C2([2H])[2H])CC1. The summed E-state index contributed by atoms with van der Waals surface area (Å²) in [7, 11) is -5.38. The summed E-state index contributed by atoms with van der Waals surface area (Å²) in [5.41, 5.74) is -0.915. The van der Waals surface area contributed by atoms with E-state index in [-0.39, 0.29) is 54.3 Å². The largest absolute Gasteiger partial charge is 0.369 e. The Labute approximate surface area is 230 Å². The molecule has 34 heavy (non-hydrogen) atoms. The molecule has 1 aliphatic carbocycles. The summed E-state index contributed by atoms with van der Waals surface area (Å²) < 4.78 is 190. The van der Waals surface area contributed by atoms with Gasteiger partial charge in [0.25, 0.3) is 0 Å². The van der Waals surface area contributed by atoms with Crippen LogP contribution in [-0.2, 0) is 14.8 Å². The Morgan fingerprint density at radius 2 is 2.12 bits per heavy atom. The smallest absolute Gasteiger partial charge is 0.221 e. The van der Waals surface area contributed by atoms with E-state index in [1.165, 1.54) is 4.90 Å². The number of carbonyl (C=O) groups is 1. The first kappa shape index (κ1) is 11.6. The Balaban J connectivity index is 1.79. The summed E-state index contributed by atoms with van der Waals surface area (Å²) in [6.07, 6.45) is -15.4. The fourth-order valence-electron chi connectivity index (χ4n) is 3.38. The van der Waals surface area contributed by atoms with Gasteiger partial charge < -0.3 is 10.2 Å². The molecule has 1 amide bonds. The van der Waals surface area contributed by atoms with E-state index < -0.39 is 109 Å². The highest BCUT2D eigenvalue weighted by Gasteiger charge is 2.27. The van der Waals surface area contributed by atoms with Crippen molar-refractivity contribution in [3.05, 3.63) is 23.9 Å². The molecule has 1 saturated carbocycles. The van der Waals surface area contributed by atoms with Crippen molar-refractivity contribution in [2.45, 2.75) is 52.2 Å². The van der Waals surface area contributed by atoms with Gasteiger partial charge in [-0.2, -0.15) is 0 Å². The molecule has 2 aliphatic rings. The molecule has 1 N–H and O–H groups in total. The Hall–Kier alpha value is -1.71. The molecule has 3 unspecified atom stereocenters. The van der Waals surface area contributed by atoms with Gasteiger partial charge in [0, 0.05) is 77.2 Å². The van der Waals surface area contributed by atoms with Gasteiger partial charge in [0.1, 0.15) is 5.82 Å². The fourth-order valence-corrected chi connectivity index (χ4v) is 4.46. The molecule has 7 nitrogen and oxygen atoms in total. The predicted octanol–water partition coefficient (Wildman–Crippen LogP) is 3.77. The van der Waals surface area contributed by atoms with Crippen molar-refractivity contribution in [1.29, 1.82) is 0 Å². The quantitative estimate of drug-likeness (QED) is 0.515. The van der Waals surface area contributed by atoms with Gasteiger partial charge in [0.05, 0.1) is 9.87 Å². The summed E-state index contributed by atoms with van der Waals surface area (Å²) in [6, 6.07) is -2.34. The van der Waals surface area contributed by atoms with Crippen LogP contribution in [0.4, 0.5) is 15.8 Å². The Morgan fingerprint density at radius 1 is 1.35 bits per heavy atom. The number of halogens is 1. The number of carbonyl (C=O) groups excluding carboxylic acids is 1. The summed E-state index contributed by atoms with van der Waals surface area (Å²) in [5.74, 6) is -11.1. The van der Waals surface area contributed by atoms with E-state index in [1.54, 1.807) is 4.90 Å². The summed E-state index contributed by atoms with van der Waals surface area (Å²) in [5, 5.41) is 0.185. The number of amides is 1. The molecular weight excluding hydrogens is 455 g/mol. The Kier molecular flexibility index (Phi) is 4.19. The van der Waals surface area contributed by atoms with Crippen molar-refractivity contribution >= 4 is 27.3 Å². The second kappa shape index (κ2) is 12.3. The van der Waals surface area contributed by atoms with Gasteiger partial charge in [-0.25, -0.2) is 17.1 Å². The van der Waals surface area contributed by atoms with Gasteiger partial charge >= 0.3 is 0 Å². The number of piperazine rings is 1. The lowest BCUT2D eigenvalue weighted by Gasteiger charge is -2.36. The maximum atomic E-state index is 14.8. The standard InChI is InChI=1S/C25H41FN4O3S/c1-20-7-6-8-22(15-20)19-34(32,33)28(3)9-4-5-10-29-11-13-30(14-12-29)25-17-23(26)16-24(18-25)27-21(2)31/h16-18,20,22H,4-15,19H2,1-3H3,(H,27,31)/i3D3,6D2,7D2,8D2,10D,15D2,16D,17D,18D,20D,22D/hD. The van der Waals surface area contributed by atoms with E-state index >= 15 is 0 Å². The van der Waals surface area contributed by atoms with Crippen LogP contribution in [0.1, 0.15) is 75.5 Å². The van der Waals surface area contributed by atoms with Gasteiger partial charge in [-0.05, 0) is 62.0 Å². The van der Waals surface area contributed by atoms with Crippen molar-refractivity contribution < 1.29 is 42.3 Å². The van der Waals surface area contributed by atoms with E-state index in [4.69, 9.17) is 24.7 Å². The number of sulfonamides is 1. The average Bonchev–Trinajstić information content (AvgIpc) is 3.00. The second-order valence-corrected chi connectivity index (χ2v) is 9.69. The third-order valence-electron chi connectivity index (χ3n) is 5.01. The number of nitrogens with zero attached hydrogens (tertiary/aromatic N) is 3. The van der Waals surface area contributed by atoms with E-state index in [1.807, 2.05) is 0 Å². The lowest BCUT2D eigenvalue weighted by Crippen LogP contribution is -2.46. The number of benzene rings is 1. The zero-order valence-corrected chi connectivity index (χ0v) is 19.9. The van der Waals surface area contributed by atoms with Crippen molar-refractivity contribution in [3.63, 3.8) is 0 Å². The van der Waals surface area contributed by atoms with Crippen LogP contribution in [0.3, 0.4) is 0 Å². The van der Waals surface area contributed by atoms with Crippen LogP contribution in [0.25, 0.3) is 0 Å². The first-order chi connectivity index (χ1) is 23.2. The van der Waals surface area contributed by atoms with Crippen LogP contribution >= 0.6 is 0 Å². The zero-order chi connectivity index (χ0) is 40.6. The van der Waals surface area contributed by atoms with Crippen LogP contribution < -0.4 is 10.2 Å². The molecule has 2 fully saturated rings. The molecule has 0 radical (unpaired) electrons. The van der Waals surface area contributed by atoms with Crippen LogP contribution in [0.2, 0.25) is 1.41 Å². The van der Waals surface area contributed by atoms with Crippen LogP contribution in [0.5, 0.6) is 0 Å². The molecular formula is C25H41FN4O3S. The Morgan fingerprint density at radius 3 is 2.82 bits per heavy atom. The minimum absolute atomic E-state index is 0.0210. The summed E-state index contributed by atoms with van der Waals surface area (Å²) in [6.45, 7) is -3.61. The number of nitrogens with one attached hydrogen (secondary N) is 1. The first-order valence-electron chi connectivity index (χ1n) is 19.7. The molecule has 3 rings (SSSR count). The molecule has 0 bridgehead atoms. The third-order valence-corrected chi connectivity index (χ3v) is 6.52. The van der Waals surface area contributed by atoms with Crippen LogP contribution in [0.15, 0.2) is 18.1 Å². The highest BCUT2D eigenvalue weighted by atomic mass is 32.2. The number of hydrogen-bond donors (Lipinski definition) is 1. The van der Waals surface area contributed by atoms with Crippen molar-refractivity contribution in [1.82, 2.24) is 9.21 Å². The maximum Gasteiger partial charge on any atom is 0.221 e. The number of rotatable bonds is 10. The van der Waals surface area contributed by atoms with Gasteiger partial charge in [0.2, 0.25) is 15.9 Å². The lowest BCUT2D eigenvalue weighted by atomic mass is 9.83. The monoisotopic (exact) mass is 514 g/mol. The summed E-state index contributed by atoms with van der Waals surface area (Å²) >= 11 is 0. The minimum atomic E-state index is -5.38. The lowest BCUT2D eigenvalue weighted by molar-refractivity contribution is -0.114. The minimum Gasteiger partial charge on any atom is -0.369 e. The first-order valence-corrected chi connectivity index (χ1v) is 12.3. The molecule has 1 aromatic carbocycles. The number of hydrogen-bond acceptors (Lipinski definition) is 5. The predicted molar refractivity (Wildman–Crippen MR) is 136 cm³/mol. The average molecular weight is 515 g/mol. The highest BCUT2D eigenvalue weighted by Crippen LogP contribution is 2.30. The van der Waals surface area contributed by atoms with Gasteiger partial charge in [-0.1, -0.05) is 19.7 Å². The second-order valence-electron chi connectivity index (χ2n) is 7.80. The molecule has 1 aromatic rings. The van der Waals surface area contributed by atoms with Gasteiger partial charge in [-0.3, -0.25) is 9.69 Å². The van der Waals surface area contributed by atoms with E-state index in [9.17, 15) is 17.6 Å². The number of anilines is 2. The third kappa shape index (κ3) is 8.20. The van der Waals surface area contributed by atoms with Crippen molar-refractivity contribution in [2.24, 2.45) is 11.8 Å². The highest BCUT2D eigenvalue weighted by molar-refractivity contribution is 7.89. The molecule has 0 aromatic heterocycles. The van der Waals surface area contributed by atoms with E-state index in [0.717, 1.165) is 6.92 Å². The molecule has 1 aliphatic heterocycles. The molecule has 9 heteroatoms. The van der Waals surface area contributed by atoms with Crippen LogP contribution in [-0.4, -0.2) is 75.5 Å². The normalized spacial score (nSPS) is 41.5.